The van der Waals surface area contributed by atoms with Crippen molar-refractivity contribution in [2.75, 3.05) is 0 Å². The number of aryl methyl sites for hydroxylation is 1. The molecule has 0 aliphatic carbocycles. The molecule has 3 nitrogen and oxygen atoms in total. The molecule has 1 aromatic heterocycles. The van der Waals surface area contributed by atoms with Crippen LogP contribution in [-0.2, 0) is 11.2 Å². The second-order valence-electron chi connectivity index (χ2n) is 3.98. The second-order valence-corrected chi connectivity index (χ2v) is 3.98. The smallest absolute Gasteiger partial charge is 0.243 e. The van der Waals surface area contributed by atoms with Gasteiger partial charge in [0.05, 0.1) is 0 Å². The van der Waals surface area contributed by atoms with Crippen LogP contribution in [0.25, 0.3) is 10.9 Å². The third-order valence-corrected chi connectivity index (χ3v) is 2.84. The summed E-state index contributed by atoms with van der Waals surface area (Å²) in [7, 11) is 0. The minimum atomic E-state index is 0.108. The van der Waals surface area contributed by atoms with Gasteiger partial charge in [-0.05, 0) is 30.4 Å². The second kappa shape index (κ2) is 3.12. The Morgan fingerprint density at radius 3 is 2.80 bits per heavy atom. The molecular weight excluding hydrogens is 188 g/mol. The maximum Gasteiger partial charge on any atom is 0.243 e. The van der Waals surface area contributed by atoms with Gasteiger partial charge in [0.25, 0.3) is 0 Å². The van der Waals surface area contributed by atoms with E-state index >= 15 is 0 Å². The first-order valence-corrected chi connectivity index (χ1v) is 5.20. The van der Waals surface area contributed by atoms with E-state index in [1.807, 2.05) is 12.1 Å². The molecule has 3 heteroatoms. The highest BCUT2D eigenvalue weighted by molar-refractivity contribution is 5.96. The Morgan fingerprint density at radius 1 is 1.27 bits per heavy atom. The topological polar surface area (TPSA) is 54.8 Å². The summed E-state index contributed by atoms with van der Waals surface area (Å²) in [4.78, 5) is 14.1. The molecular formula is C12H12N2O. The van der Waals surface area contributed by atoms with Crippen molar-refractivity contribution in [3.8, 4) is 0 Å². The van der Waals surface area contributed by atoms with Crippen LogP contribution < -0.4 is 5.32 Å². The molecule has 1 aliphatic heterocycles. The van der Waals surface area contributed by atoms with Crippen LogP contribution in [0.4, 0.5) is 0 Å². The van der Waals surface area contributed by atoms with E-state index in [0.717, 1.165) is 12.8 Å². The van der Waals surface area contributed by atoms with Gasteiger partial charge in [-0.1, -0.05) is 18.2 Å². The van der Waals surface area contributed by atoms with Crippen LogP contribution in [-0.4, -0.2) is 16.9 Å². The molecule has 0 bridgehead atoms. The van der Waals surface area contributed by atoms with Gasteiger partial charge >= 0.3 is 0 Å². The minimum absolute atomic E-state index is 0.108. The van der Waals surface area contributed by atoms with Gasteiger partial charge in [0.15, 0.2) is 0 Å². The highest BCUT2D eigenvalue weighted by atomic mass is 16.2. The Labute approximate surface area is 87.5 Å². The molecule has 1 fully saturated rings. The number of rotatable bonds is 3. The van der Waals surface area contributed by atoms with Crippen LogP contribution in [0.5, 0.6) is 0 Å². The van der Waals surface area contributed by atoms with Crippen LogP contribution in [0.15, 0.2) is 30.3 Å². The number of aromatic amines is 1. The number of carbonyl (C=O) groups is 1. The monoisotopic (exact) mass is 200 g/mol. The molecule has 0 radical (unpaired) electrons. The third-order valence-electron chi connectivity index (χ3n) is 2.84. The first-order valence-electron chi connectivity index (χ1n) is 5.20. The fourth-order valence-corrected chi connectivity index (χ4v) is 1.90. The maximum absolute atomic E-state index is 10.8. The highest BCUT2D eigenvalue weighted by Crippen LogP contribution is 2.17. The molecule has 2 N–H and O–H groups in total. The standard InChI is InChI=1S/C12H12N2O/c15-12-11(14-12)6-5-9-7-8-3-1-2-4-10(8)13-9/h1-4,7,11,13H,5-6H2,(H,14,15). The lowest BCUT2D eigenvalue weighted by atomic mass is 10.2. The van der Waals surface area contributed by atoms with E-state index < -0.39 is 0 Å². The SMILES string of the molecule is O=C1NC1CCc1cc2ccccc2[nH]1. The van der Waals surface area contributed by atoms with Gasteiger partial charge in [-0.2, -0.15) is 0 Å². The maximum atomic E-state index is 10.8. The van der Waals surface area contributed by atoms with E-state index in [9.17, 15) is 4.79 Å². The van der Waals surface area contributed by atoms with Crippen molar-refractivity contribution < 1.29 is 4.79 Å². The number of carbonyl (C=O) groups excluding carboxylic acids is 1. The number of aromatic nitrogens is 1. The normalized spacial score (nSPS) is 19.2. The summed E-state index contributed by atoms with van der Waals surface area (Å²) in [5, 5.41) is 4.02. The van der Waals surface area contributed by atoms with Crippen LogP contribution in [0.2, 0.25) is 0 Å². The lowest BCUT2D eigenvalue weighted by molar-refractivity contribution is -0.111. The number of hydrogen-bond donors (Lipinski definition) is 2. The van der Waals surface area contributed by atoms with Crippen molar-refractivity contribution >= 4 is 16.8 Å². The van der Waals surface area contributed by atoms with Gasteiger partial charge in [-0.25, -0.2) is 0 Å². The quantitative estimate of drug-likeness (QED) is 0.726. The van der Waals surface area contributed by atoms with Gasteiger partial charge in [0.1, 0.15) is 6.04 Å². The number of fused-ring (bicyclic) bond motifs is 1. The lowest BCUT2D eigenvalue weighted by Crippen LogP contribution is -1.94. The predicted molar refractivity (Wildman–Crippen MR) is 58.6 cm³/mol. The van der Waals surface area contributed by atoms with Gasteiger partial charge in [0.2, 0.25) is 5.91 Å². The summed E-state index contributed by atoms with van der Waals surface area (Å²) in [6.07, 6.45) is 1.82. The zero-order chi connectivity index (χ0) is 10.3. The van der Waals surface area contributed by atoms with Crippen molar-refractivity contribution in [3.63, 3.8) is 0 Å². The van der Waals surface area contributed by atoms with Crippen molar-refractivity contribution in [3.05, 3.63) is 36.0 Å². The number of benzene rings is 1. The molecule has 3 rings (SSSR count). The van der Waals surface area contributed by atoms with Gasteiger partial charge in [-0.15, -0.1) is 0 Å². The van der Waals surface area contributed by atoms with Crippen LogP contribution in [0, 0.1) is 0 Å². The number of amides is 1. The number of para-hydroxylation sites is 1. The largest absolute Gasteiger partial charge is 0.358 e. The highest BCUT2D eigenvalue weighted by Gasteiger charge is 2.32. The molecule has 1 aliphatic rings. The minimum Gasteiger partial charge on any atom is -0.358 e. The Bertz CT molecular complexity index is 482. The van der Waals surface area contributed by atoms with Gasteiger partial charge in [0, 0.05) is 11.2 Å². The summed E-state index contributed by atoms with van der Waals surface area (Å²) in [5.74, 6) is 0.186. The van der Waals surface area contributed by atoms with E-state index in [0.29, 0.717) is 0 Å². The molecule has 2 aromatic rings. The summed E-state index contributed by atoms with van der Waals surface area (Å²) in [5.41, 5.74) is 2.38. The van der Waals surface area contributed by atoms with Crippen molar-refractivity contribution in [1.82, 2.24) is 10.3 Å². The zero-order valence-corrected chi connectivity index (χ0v) is 8.29. The van der Waals surface area contributed by atoms with Crippen LogP contribution in [0.1, 0.15) is 12.1 Å². The summed E-state index contributed by atoms with van der Waals surface area (Å²) >= 11 is 0. The van der Waals surface area contributed by atoms with E-state index in [2.05, 4.69) is 28.5 Å². The zero-order valence-electron chi connectivity index (χ0n) is 8.29. The van der Waals surface area contributed by atoms with Crippen molar-refractivity contribution in [2.24, 2.45) is 0 Å². The number of nitrogens with one attached hydrogen (secondary N) is 2. The summed E-state index contributed by atoms with van der Waals surface area (Å²) in [6.45, 7) is 0. The molecule has 0 saturated carbocycles. The average molecular weight is 200 g/mol. The molecule has 1 saturated heterocycles. The lowest BCUT2D eigenvalue weighted by Gasteiger charge is -1.92. The number of hydrogen-bond acceptors (Lipinski definition) is 1. The fourth-order valence-electron chi connectivity index (χ4n) is 1.90. The Balaban J connectivity index is 1.76. The Hall–Kier alpha value is -1.77. The van der Waals surface area contributed by atoms with Crippen molar-refractivity contribution in [2.45, 2.75) is 18.9 Å². The molecule has 1 atom stereocenters. The summed E-state index contributed by atoms with van der Waals surface area (Å²) < 4.78 is 0. The van der Waals surface area contributed by atoms with E-state index in [-0.39, 0.29) is 11.9 Å². The molecule has 2 heterocycles. The molecule has 1 unspecified atom stereocenters. The van der Waals surface area contributed by atoms with Gasteiger partial charge in [-0.3, -0.25) is 4.79 Å². The van der Waals surface area contributed by atoms with Crippen molar-refractivity contribution in [1.29, 1.82) is 0 Å². The Kier molecular flexibility index (Phi) is 1.78. The summed E-state index contributed by atoms with van der Waals surface area (Å²) in [6, 6.07) is 10.5. The van der Waals surface area contributed by atoms with E-state index in [1.165, 1.54) is 16.6 Å². The molecule has 1 aromatic carbocycles. The van der Waals surface area contributed by atoms with E-state index in [4.69, 9.17) is 0 Å². The molecule has 0 spiro atoms. The Morgan fingerprint density at radius 2 is 2.07 bits per heavy atom. The average Bonchev–Trinajstić information content (AvgIpc) is 2.79. The molecule has 15 heavy (non-hydrogen) atoms. The van der Waals surface area contributed by atoms with Crippen LogP contribution in [0.3, 0.4) is 0 Å². The first kappa shape index (κ1) is 8.53. The first-order chi connectivity index (χ1) is 7.33. The van der Waals surface area contributed by atoms with Crippen LogP contribution >= 0.6 is 0 Å². The third kappa shape index (κ3) is 1.61. The molecule has 76 valence electrons. The van der Waals surface area contributed by atoms with E-state index in [1.54, 1.807) is 0 Å². The number of H-pyrrole nitrogens is 1. The molecule has 1 amide bonds. The fraction of sp³-hybridized carbons (Fsp3) is 0.250. The predicted octanol–water partition coefficient (Wildman–Crippen LogP) is 1.60. The van der Waals surface area contributed by atoms with Gasteiger partial charge < -0.3 is 10.3 Å².